The smallest absolute Gasteiger partial charge is 0.134 e. The lowest BCUT2D eigenvalue weighted by Crippen LogP contribution is -2.37. The van der Waals surface area contributed by atoms with Gasteiger partial charge in [-0.25, -0.2) is 4.98 Å². The van der Waals surface area contributed by atoms with Gasteiger partial charge in [-0.2, -0.15) is 0 Å². The molecule has 0 aliphatic heterocycles. The molecule has 1 fully saturated rings. The molecular weight excluding hydrogens is 324 g/mol. The third kappa shape index (κ3) is 2.46. The number of aromatic nitrogens is 1. The standard InChI is InChI=1S/C15H16BrClN2/c16-13-5-3-4-12-11(13)6-9-18-14(12)19-15(10-17)7-1-2-8-15/h3-6,9H,1-2,7-8,10H2,(H,18,19). The van der Waals surface area contributed by atoms with Gasteiger partial charge in [0, 0.05) is 27.3 Å². The Morgan fingerprint density at radius 1 is 1.21 bits per heavy atom. The molecule has 4 heteroatoms. The summed E-state index contributed by atoms with van der Waals surface area (Å²) in [5.41, 5.74) is 0.0190. The number of hydrogen-bond acceptors (Lipinski definition) is 2. The van der Waals surface area contributed by atoms with Gasteiger partial charge in [-0.1, -0.05) is 40.9 Å². The maximum Gasteiger partial charge on any atom is 0.134 e. The van der Waals surface area contributed by atoms with Crippen LogP contribution in [-0.4, -0.2) is 16.4 Å². The number of halogens is 2. The summed E-state index contributed by atoms with van der Waals surface area (Å²) in [6.07, 6.45) is 6.60. The van der Waals surface area contributed by atoms with Crippen LogP contribution < -0.4 is 5.32 Å². The summed E-state index contributed by atoms with van der Waals surface area (Å²) in [4.78, 5) is 4.51. The molecule has 1 aliphatic carbocycles. The van der Waals surface area contributed by atoms with Crippen molar-refractivity contribution in [2.24, 2.45) is 0 Å². The van der Waals surface area contributed by atoms with Gasteiger partial charge in [-0.15, -0.1) is 11.6 Å². The first-order chi connectivity index (χ1) is 9.24. The van der Waals surface area contributed by atoms with Crippen molar-refractivity contribution in [3.05, 3.63) is 34.9 Å². The molecule has 0 bridgehead atoms. The van der Waals surface area contributed by atoms with Gasteiger partial charge in [0.2, 0.25) is 0 Å². The van der Waals surface area contributed by atoms with Crippen LogP contribution in [0.5, 0.6) is 0 Å². The molecule has 0 amide bonds. The maximum atomic E-state index is 6.20. The Morgan fingerprint density at radius 3 is 2.74 bits per heavy atom. The number of pyridine rings is 1. The Balaban J connectivity index is 2.03. The summed E-state index contributed by atoms with van der Waals surface area (Å²) in [6, 6.07) is 8.24. The van der Waals surface area contributed by atoms with Crippen molar-refractivity contribution < 1.29 is 0 Å². The van der Waals surface area contributed by atoms with Gasteiger partial charge in [0.25, 0.3) is 0 Å². The lowest BCUT2D eigenvalue weighted by atomic mass is 10.00. The van der Waals surface area contributed by atoms with Crippen molar-refractivity contribution >= 4 is 44.1 Å². The number of nitrogens with zero attached hydrogens (tertiary/aromatic N) is 1. The Hall–Kier alpha value is -0.800. The van der Waals surface area contributed by atoms with Crippen molar-refractivity contribution in [1.29, 1.82) is 0 Å². The Morgan fingerprint density at radius 2 is 2.00 bits per heavy atom. The van der Waals surface area contributed by atoms with Crippen molar-refractivity contribution in [2.45, 2.75) is 31.2 Å². The quantitative estimate of drug-likeness (QED) is 0.799. The number of rotatable bonds is 3. The van der Waals surface area contributed by atoms with Gasteiger partial charge in [-0.05, 0) is 25.0 Å². The zero-order valence-corrected chi connectivity index (χ0v) is 13.0. The number of anilines is 1. The Kier molecular flexibility index (Phi) is 3.68. The lowest BCUT2D eigenvalue weighted by Gasteiger charge is -2.29. The second kappa shape index (κ2) is 5.29. The summed E-state index contributed by atoms with van der Waals surface area (Å²) in [7, 11) is 0. The van der Waals surface area contributed by atoms with Crippen LogP contribution in [0, 0.1) is 0 Å². The zero-order chi connectivity index (χ0) is 13.3. The molecular formula is C15H16BrClN2. The molecule has 3 rings (SSSR count). The first-order valence-electron chi connectivity index (χ1n) is 6.61. The molecule has 19 heavy (non-hydrogen) atoms. The predicted octanol–water partition coefficient (Wildman–Crippen LogP) is 4.96. The first-order valence-corrected chi connectivity index (χ1v) is 7.94. The minimum Gasteiger partial charge on any atom is -0.363 e. The molecule has 1 aromatic carbocycles. The number of nitrogens with one attached hydrogen (secondary N) is 1. The van der Waals surface area contributed by atoms with Crippen molar-refractivity contribution in [2.75, 3.05) is 11.2 Å². The fourth-order valence-corrected chi connectivity index (χ4v) is 3.70. The minimum absolute atomic E-state index is 0.0190. The van der Waals surface area contributed by atoms with E-state index in [1.807, 2.05) is 18.3 Å². The highest BCUT2D eigenvalue weighted by molar-refractivity contribution is 9.10. The van der Waals surface area contributed by atoms with E-state index in [1.54, 1.807) is 0 Å². The highest BCUT2D eigenvalue weighted by Gasteiger charge is 2.33. The van der Waals surface area contributed by atoms with Gasteiger partial charge >= 0.3 is 0 Å². The molecule has 0 saturated heterocycles. The van der Waals surface area contributed by atoms with E-state index in [9.17, 15) is 0 Å². The number of alkyl halides is 1. The van der Waals surface area contributed by atoms with Crippen LogP contribution in [0.25, 0.3) is 10.8 Å². The SMILES string of the molecule is ClCC1(Nc2nccc3c(Br)cccc23)CCCC1. The van der Waals surface area contributed by atoms with E-state index < -0.39 is 0 Å². The lowest BCUT2D eigenvalue weighted by molar-refractivity contribution is 0.538. The monoisotopic (exact) mass is 338 g/mol. The minimum atomic E-state index is 0.0190. The number of fused-ring (bicyclic) bond motifs is 1. The molecule has 0 radical (unpaired) electrons. The topological polar surface area (TPSA) is 24.9 Å². The summed E-state index contributed by atoms with van der Waals surface area (Å²) >= 11 is 9.79. The van der Waals surface area contributed by atoms with E-state index in [4.69, 9.17) is 11.6 Å². The molecule has 2 aromatic rings. The van der Waals surface area contributed by atoms with Crippen molar-refractivity contribution in [1.82, 2.24) is 4.98 Å². The highest BCUT2D eigenvalue weighted by Crippen LogP contribution is 2.36. The van der Waals surface area contributed by atoms with Gasteiger partial charge in [0.15, 0.2) is 0 Å². The average molecular weight is 340 g/mol. The van der Waals surface area contributed by atoms with Crippen LogP contribution in [0.3, 0.4) is 0 Å². The van der Waals surface area contributed by atoms with Gasteiger partial charge in [-0.3, -0.25) is 0 Å². The van der Waals surface area contributed by atoms with E-state index >= 15 is 0 Å². The molecule has 0 unspecified atom stereocenters. The molecule has 1 heterocycles. The van der Waals surface area contributed by atoms with Crippen LogP contribution in [0.1, 0.15) is 25.7 Å². The fraction of sp³-hybridized carbons (Fsp3) is 0.400. The summed E-state index contributed by atoms with van der Waals surface area (Å²) in [5, 5.41) is 5.94. The molecule has 2 nitrogen and oxygen atoms in total. The highest BCUT2D eigenvalue weighted by atomic mass is 79.9. The molecule has 1 aliphatic rings. The average Bonchev–Trinajstić information content (AvgIpc) is 2.89. The van der Waals surface area contributed by atoms with Gasteiger partial charge < -0.3 is 5.32 Å². The molecule has 1 aromatic heterocycles. The van der Waals surface area contributed by atoms with Gasteiger partial charge in [0.05, 0.1) is 5.54 Å². The normalized spacial score (nSPS) is 17.8. The van der Waals surface area contributed by atoms with E-state index in [0.717, 1.165) is 28.5 Å². The van der Waals surface area contributed by atoms with Crippen LogP contribution in [-0.2, 0) is 0 Å². The Bertz CT molecular complexity index is 594. The first kappa shape index (κ1) is 13.2. The van der Waals surface area contributed by atoms with E-state index in [1.165, 1.54) is 18.2 Å². The maximum absolute atomic E-state index is 6.20. The number of hydrogen-bond donors (Lipinski definition) is 1. The predicted molar refractivity (Wildman–Crippen MR) is 85.0 cm³/mol. The van der Waals surface area contributed by atoms with E-state index in [0.29, 0.717) is 5.88 Å². The summed E-state index contributed by atoms with van der Waals surface area (Å²) in [5.74, 6) is 1.58. The molecule has 0 atom stereocenters. The summed E-state index contributed by atoms with van der Waals surface area (Å²) in [6.45, 7) is 0. The third-order valence-electron chi connectivity index (χ3n) is 3.95. The Labute approximate surface area is 126 Å². The van der Waals surface area contributed by atoms with Crippen molar-refractivity contribution in [3.8, 4) is 0 Å². The zero-order valence-electron chi connectivity index (χ0n) is 10.6. The molecule has 1 N–H and O–H groups in total. The molecule has 1 saturated carbocycles. The number of benzene rings is 1. The van der Waals surface area contributed by atoms with Crippen molar-refractivity contribution in [3.63, 3.8) is 0 Å². The van der Waals surface area contributed by atoms with Crippen LogP contribution >= 0.6 is 27.5 Å². The third-order valence-corrected chi connectivity index (χ3v) is 5.16. The second-order valence-electron chi connectivity index (χ2n) is 5.24. The van der Waals surface area contributed by atoms with Gasteiger partial charge in [0.1, 0.15) is 5.82 Å². The largest absolute Gasteiger partial charge is 0.363 e. The molecule has 100 valence electrons. The van der Waals surface area contributed by atoms with Crippen LogP contribution in [0.4, 0.5) is 5.82 Å². The fourth-order valence-electron chi connectivity index (χ4n) is 2.86. The second-order valence-corrected chi connectivity index (χ2v) is 6.36. The summed E-state index contributed by atoms with van der Waals surface area (Å²) < 4.78 is 1.10. The van der Waals surface area contributed by atoms with Crippen LogP contribution in [0.15, 0.2) is 34.9 Å². The van der Waals surface area contributed by atoms with E-state index in [2.05, 4.69) is 38.4 Å². The van der Waals surface area contributed by atoms with Crippen LogP contribution in [0.2, 0.25) is 0 Å². The molecule has 0 spiro atoms. The van der Waals surface area contributed by atoms with E-state index in [-0.39, 0.29) is 5.54 Å².